The molecule has 0 aromatic heterocycles. The lowest BCUT2D eigenvalue weighted by atomic mass is 10.0. The van der Waals surface area contributed by atoms with Gasteiger partial charge in [0.05, 0.1) is 0 Å². The van der Waals surface area contributed by atoms with Crippen LogP contribution in [-0.4, -0.2) is 0 Å². The lowest BCUT2D eigenvalue weighted by Crippen LogP contribution is -1.92. The molecule has 0 amide bonds. The predicted octanol–water partition coefficient (Wildman–Crippen LogP) is 3.74. The number of hydrogen-bond donors (Lipinski definition) is 0. The second-order valence-corrected chi connectivity index (χ2v) is 4.62. The highest BCUT2D eigenvalue weighted by Crippen LogP contribution is 2.45. The first-order valence-corrected chi connectivity index (χ1v) is 5.87. The Bertz CT molecular complexity index is 526. The van der Waals surface area contributed by atoms with Gasteiger partial charge in [-0.1, -0.05) is 53.8 Å². The smallest absolute Gasteiger partial charge is 0.0371 e. The molecule has 2 aliphatic rings. The summed E-state index contributed by atoms with van der Waals surface area (Å²) >= 11 is 6.27. The summed E-state index contributed by atoms with van der Waals surface area (Å²) < 4.78 is 0. The fraction of sp³-hybridized carbons (Fsp3) is 0.200. The molecule has 0 radical (unpaired) electrons. The van der Waals surface area contributed by atoms with Gasteiger partial charge in [0, 0.05) is 28.0 Å². The van der Waals surface area contributed by atoms with Gasteiger partial charge >= 0.3 is 0 Å². The zero-order valence-electron chi connectivity index (χ0n) is 8.78. The molecule has 2 aliphatic carbocycles. The minimum absolute atomic E-state index is 0.437. The van der Waals surface area contributed by atoms with E-state index >= 15 is 0 Å². The molecule has 78 valence electrons. The number of rotatable bonds is 0. The molecule has 0 heterocycles. The first-order valence-electron chi connectivity index (χ1n) is 5.49. The summed E-state index contributed by atoms with van der Waals surface area (Å²) in [6.07, 6.45) is 5.55. The molecular formula is C15H11Cl. The number of benzene rings is 1. The van der Waals surface area contributed by atoms with Gasteiger partial charge in [0.25, 0.3) is 0 Å². The highest BCUT2D eigenvalue weighted by Gasteiger charge is 2.33. The molecule has 0 saturated heterocycles. The van der Waals surface area contributed by atoms with E-state index in [1.165, 1.54) is 0 Å². The Balaban J connectivity index is 1.90. The fourth-order valence-corrected chi connectivity index (χ4v) is 2.64. The quantitative estimate of drug-likeness (QED) is 0.467. The summed E-state index contributed by atoms with van der Waals surface area (Å²) in [7, 11) is 0. The molecule has 0 nitrogen and oxygen atoms in total. The summed E-state index contributed by atoms with van der Waals surface area (Å²) in [4.78, 5) is 0. The summed E-state index contributed by atoms with van der Waals surface area (Å²) in [5, 5.41) is 0.955. The molecule has 16 heavy (non-hydrogen) atoms. The van der Waals surface area contributed by atoms with Crippen LogP contribution in [0.15, 0.2) is 53.1 Å². The van der Waals surface area contributed by atoms with Crippen LogP contribution in [0.25, 0.3) is 0 Å². The second kappa shape index (κ2) is 3.85. The number of allylic oxidation sites excluding steroid dienone is 4. The van der Waals surface area contributed by atoms with Crippen molar-refractivity contribution in [1.82, 2.24) is 0 Å². The highest BCUT2D eigenvalue weighted by atomic mass is 35.5. The molecule has 0 spiro atoms. The van der Waals surface area contributed by atoms with E-state index in [4.69, 9.17) is 11.6 Å². The largest absolute Gasteiger partial charge is 0.0875 e. The van der Waals surface area contributed by atoms with Crippen molar-refractivity contribution in [1.29, 1.82) is 0 Å². The van der Waals surface area contributed by atoms with Crippen molar-refractivity contribution in [3.8, 4) is 11.8 Å². The average Bonchev–Trinajstić information content (AvgIpc) is 2.89. The SMILES string of the molecule is ClC1=C(C#Cc2ccccc2)C2C=CC1C2. The topological polar surface area (TPSA) is 0 Å². The maximum Gasteiger partial charge on any atom is 0.0371 e. The summed E-state index contributed by atoms with van der Waals surface area (Å²) in [5.74, 6) is 7.30. The molecule has 1 heteroatoms. The molecule has 2 unspecified atom stereocenters. The number of fused-ring (bicyclic) bond motifs is 2. The molecule has 1 aromatic rings. The molecule has 2 atom stereocenters. The molecular weight excluding hydrogens is 216 g/mol. The second-order valence-electron chi connectivity index (χ2n) is 4.21. The van der Waals surface area contributed by atoms with Crippen LogP contribution in [0, 0.1) is 23.7 Å². The minimum Gasteiger partial charge on any atom is -0.0875 e. The van der Waals surface area contributed by atoms with Crippen molar-refractivity contribution in [2.75, 3.05) is 0 Å². The van der Waals surface area contributed by atoms with Crippen LogP contribution < -0.4 is 0 Å². The zero-order valence-corrected chi connectivity index (χ0v) is 9.54. The number of hydrogen-bond acceptors (Lipinski definition) is 0. The van der Waals surface area contributed by atoms with E-state index in [1.54, 1.807) is 0 Å². The fourth-order valence-electron chi connectivity index (χ4n) is 2.29. The first kappa shape index (κ1) is 9.75. The van der Waals surface area contributed by atoms with Crippen LogP contribution in [0.3, 0.4) is 0 Å². The zero-order chi connectivity index (χ0) is 11.0. The summed E-state index contributed by atoms with van der Waals surface area (Å²) in [6.45, 7) is 0. The van der Waals surface area contributed by atoms with Crippen LogP contribution in [0.1, 0.15) is 12.0 Å². The van der Waals surface area contributed by atoms with Crippen molar-refractivity contribution in [3.05, 3.63) is 58.7 Å². The van der Waals surface area contributed by atoms with Crippen LogP contribution in [0.2, 0.25) is 0 Å². The minimum atomic E-state index is 0.437. The average molecular weight is 227 g/mol. The van der Waals surface area contributed by atoms with Crippen molar-refractivity contribution in [2.45, 2.75) is 6.42 Å². The molecule has 0 aliphatic heterocycles. The van der Waals surface area contributed by atoms with E-state index in [0.29, 0.717) is 11.8 Å². The van der Waals surface area contributed by atoms with Gasteiger partial charge in [-0.25, -0.2) is 0 Å². The van der Waals surface area contributed by atoms with Crippen molar-refractivity contribution in [2.24, 2.45) is 11.8 Å². The third-order valence-corrected chi connectivity index (χ3v) is 3.64. The van der Waals surface area contributed by atoms with E-state index in [1.807, 2.05) is 30.3 Å². The Labute approximate surface area is 101 Å². The first-order chi connectivity index (χ1) is 7.84. The molecule has 0 fully saturated rings. The molecule has 3 rings (SSSR count). The molecule has 0 saturated carbocycles. The van der Waals surface area contributed by atoms with Crippen LogP contribution in [-0.2, 0) is 0 Å². The van der Waals surface area contributed by atoms with Gasteiger partial charge in [-0.3, -0.25) is 0 Å². The Kier molecular flexibility index (Phi) is 2.35. The van der Waals surface area contributed by atoms with Gasteiger partial charge in [-0.15, -0.1) is 0 Å². The monoisotopic (exact) mass is 226 g/mol. The van der Waals surface area contributed by atoms with Gasteiger partial charge in [0.15, 0.2) is 0 Å². The van der Waals surface area contributed by atoms with Gasteiger partial charge in [0.1, 0.15) is 0 Å². The Morgan fingerprint density at radius 3 is 2.44 bits per heavy atom. The van der Waals surface area contributed by atoms with Gasteiger partial charge in [-0.05, 0) is 18.6 Å². The predicted molar refractivity (Wildman–Crippen MR) is 66.9 cm³/mol. The molecule has 2 bridgehead atoms. The third-order valence-electron chi connectivity index (χ3n) is 3.15. The van der Waals surface area contributed by atoms with Crippen LogP contribution >= 0.6 is 11.6 Å². The number of halogens is 1. The van der Waals surface area contributed by atoms with E-state index in [2.05, 4.69) is 24.0 Å². The van der Waals surface area contributed by atoms with Crippen LogP contribution in [0.4, 0.5) is 0 Å². The normalized spacial score (nSPS) is 25.8. The standard InChI is InChI=1S/C15H11Cl/c16-15-13-8-7-12(10-13)14(15)9-6-11-4-2-1-3-5-11/h1-5,7-8,12-13H,10H2. The van der Waals surface area contributed by atoms with Crippen molar-refractivity contribution < 1.29 is 0 Å². The Morgan fingerprint density at radius 1 is 1.00 bits per heavy atom. The van der Waals surface area contributed by atoms with Gasteiger partial charge in [-0.2, -0.15) is 0 Å². The third kappa shape index (κ3) is 1.58. The lowest BCUT2D eigenvalue weighted by molar-refractivity contribution is 0.719. The summed E-state index contributed by atoms with van der Waals surface area (Å²) in [5.41, 5.74) is 2.17. The van der Waals surface area contributed by atoms with Crippen molar-refractivity contribution in [3.63, 3.8) is 0 Å². The Hall–Kier alpha value is -1.45. The summed E-state index contributed by atoms with van der Waals surface area (Å²) in [6, 6.07) is 10.0. The lowest BCUT2D eigenvalue weighted by Gasteiger charge is -2.03. The van der Waals surface area contributed by atoms with E-state index in [0.717, 1.165) is 22.6 Å². The highest BCUT2D eigenvalue weighted by molar-refractivity contribution is 6.31. The molecule has 0 N–H and O–H groups in total. The van der Waals surface area contributed by atoms with E-state index < -0.39 is 0 Å². The maximum atomic E-state index is 6.27. The Morgan fingerprint density at radius 2 is 1.75 bits per heavy atom. The van der Waals surface area contributed by atoms with Crippen LogP contribution in [0.5, 0.6) is 0 Å². The van der Waals surface area contributed by atoms with Gasteiger partial charge in [0.2, 0.25) is 0 Å². The van der Waals surface area contributed by atoms with E-state index in [-0.39, 0.29) is 0 Å². The molecule has 1 aromatic carbocycles. The van der Waals surface area contributed by atoms with Gasteiger partial charge < -0.3 is 0 Å². The maximum absolute atomic E-state index is 6.27. The van der Waals surface area contributed by atoms with E-state index in [9.17, 15) is 0 Å². The van der Waals surface area contributed by atoms with Crippen molar-refractivity contribution >= 4 is 11.6 Å².